The third-order valence-electron chi connectivity index (χ3n) is 4.09. The van der Waals surface area contributed by atoms with Crippen molar-refractivity contribution in [1.82, 2.24) is 9.55 Å². The van der Waals surface area contributed by atoms with E-state index in [0.717, 1.165) is 11.1 Å². The van der Waals surface area contributed by atoms with Crippen molar-refractivity contribution < 1.29 is 4.74 Å². The number of rotatable bonds is 5. The zero-order chi connectivity index (χ0) is 19.2. The predicted molar refractivity (Wildman–Crippen MR) is 109 cm³/mol. The lowest BCUT2D eigenvalue weighted by Gasteiger charge is -2.11. The number of benzene rings is 2. The van der Waals surface area contributed by atoms with E-state index in [1.165, 1.54) is 0 Å². The van der Waals surface area contributed by atoms with Gasteiger partial charge in [-0.2, -0.15) is 0 Å². The SMILES string of the molecule is CC(C)COc1nc(=Cc2ccccc2)c(=O)n(C)c1=Cc1ccccc1. The number of hydrogen-bond donors (Lipinski definition) is 0. The molecular formula is C23H24N2O2. The molecule has 1 aromatic heterocycles. The summed E-state index contributed by atoms with van der Waals surface area (Å²) in [6.45, 7) is 4.70. The maximum absolute atomic E-state index is 12.9. The summed E-state index contributed by atoms with van der Waals surface area (Å²) >= 11 is 0. The van der Waals surface area contributed by atoms with Crippen LogP contribution in [0.25, 0.3) is 12.2 Å². The molecule has 0 saturated heterocycles. The molecule has 0 aliphatic carbocycles. The van der Waals surface area contributed by atoms with Crippen molar-refractivity contribution in [1.29, 1.82) is 0 Å². The van der Waals surface area contributed by atoms with Crippen LogP contribution >= 0.6 is 0 Å². The summed E-state index contributed by atoms with van der Waals surface area (Å²) in [6, 6.07) is 19.6. The molecule has 0 saturated carbocycles. The zero-order valence-electron chi connectivity index (χ0n) is 15.9. The van der Waals surface area contributed by atoms with Crippen LogP contribution in [0.4, 0.5) is 0 Å². The topological polar surface area (TPSA) is 44.1 Å². The van der Waals surface area contributed by atoms with E-state index in [9.17, 15) is 4.79 Å². The number of aromatic nitrogens is 2. The smallest absolute Gasteiger partial charge is 0.276 e. The van der Waals surface area contributed by atoms with Gasteiger partial charge in [0.2, 0.25) is 5.88 Å². The maximum atomic E-state index is 12.9. The second-order valence-electron chi connectivity index (χ2n) is 6.87. The fourth-order valence-corrected chi connectivity index (χ4v) is 2.66. The summed E-state index contributed by atoms with van der Waals surface area (Å²) in [4.78, 5) is 17.4. The molecule has 0 aliphatic heterocycles. The molecule has 2 aromatic carbocycles. The molecule has 3 rings (SSSR count). The first kappa shape index (κ1) is 18.6. The van der Waals surface area contributed by atoms with Crippen LogP contribution in [0.1, 0.15) is 25.0 Å². The first-order valence-electron chi connectivity index (χ1n) is 9.08. The molecule has 4 heteroatoms. The van der Waals surface area contributed by atoms with E-state index in [2.05, 4.69) is 18.8 Å². The van der Waals surface area contributed by atoms with E-state index >= 15 is 0 Å². The third-order valence-corrected chi connectivity index (χ3v) is 4.09. The van der Waals surface area contributed by atoms with Gasteiger partial charge >= 0.3 is 0 Å². The number of nitrogens with zero attached hydrogens (tertiary/aromatic N) is 2. The summed E-state index contributed by atoms with van der Waals surface area (Å²) in [5.74, 6) is 0.826. The van der Waals surface area contributed by atoms with Gasteiger partial charge in [0.05, 0.1) is 6.61 Å². The van der Waals surface area contributed by atoms with Crippen molar-refractivity contribution in [2.45, 2.75) is 13.8 Å². The lowest BCUT2D eigenvalue weighted by Crippen LogP contribution is -2.44. The van der Waals surface area contributed by atoms with Gasteiger partial charge in [-0.1, -0.05) is 74.5 Å². The van der Waals surface area contributed by atoms with Crippen LogP contribution in [0.3, 0.4) is 0 Å². The Labute approximate surface area is 159 Å². The largest absolute Gasteiger partial charge is 0.476 e. The summed E-state index contributed by atoms with van der Waals surface area (Å²) in [6.07, 6.45) is 3.72. The molecule has 4 nitrogen and oxygen atoms in total. The Morgan fingerprint density at radius 2 is 1.52 bits per heavy atom. The van der Waals surface area contributed by atoms with Crippen LogP contribution in [0.2, 0.25) is 0 Å². The van der Waals surface area contributed by atoms with Gasteiger partial charge in [0, 0.05) is 7.05 Å². The van der Waals surface area contributed by atoms with Crippen LogP contribution in [-0.4, -0.2) is 16.2 Å². The zero-order valence-corrected chi connectivity index (χ0v) is 15.9. The van der Waals surface area contributed by atoms with Gasteiger partial charge in [-0.3, -0.25) is 4.79 Å². The molecule has 0 radical (unpaired) electrons. The lowest BCUT2D eigenvalue weighted by atomic mass is 10.2. The Morgan fingerprint density at radius 3 is 2.07 bits per heavy atom. The van der Waals surface area contributed by atoms with E-state index in [4.69, 9.17) is 4.74 Å². The van der Waals surface area contributed by atoms with E-state index in [-0.39, 0.29) is 5.56 Å². The predicted octanol–water partition coefficient (Wildman–Crippen LogP) is 2.47. The molecule has 0 amide bonds. The van der Waals surface area contributed by atoms with Gasteiger partial charge in [0.15, 0.2) is 0 Å². The summed E-state index contributed by atoms with van der Waals surface area (Å²) in [5, 5.41) is 1.03. The first-order valence-corrected chi connectivity index (χ1v) is 9.08. The minimum atomic E-state index is -0.155. The van der Waals surface area contributed by atoms with Gasteiger partial charge in [-0.15, -0.1) is 0 Å². The van der Waals surface area contributed by atoms with Gasteiger partial charge in [0.25, 0.3) is 5.56 Å². The highest BCUT2D eigenvalue weighted by Crippen LogP contribution is 2.03. The standard InChI is InChI=1S/C23H24N2O2/c1-17(2)16-27-22-21(15-19-12-8-5-9-13-19)25(3)23(26)20(24-22)14-18-10-6-4-7-11-18/h4-15,17H,16H2,1-3H3. The molecule has 0 fully saturated rings. The van der Waals surface area contributed by atoms with Crippen molar-refractivity contribution in [3.05, 3.63) is 92.8 Å². The average Bonchev–Trinajstić information content (AvgIpc) is 2.68. The highest BCUT2D eigenvalue weighted by molar-refractivity contribution is 5.51. The molecule has 0 unspecified atom stereocenters. The number of hydrogen-bond acceptors (Lipinski definition) is 3. The van der Waals surface area contributed by atoms with Crippen molar-refractivity contribution >= 4 is 12.2 Å². The minimum Gasteiger partial charge on any atom is -0.476 e. The van der Waals surface area contributed by atoms with Gasteiger partial charge in [-0.05, 0) is 29.2 Å². The minimum absolute atomic E-state index is 0.155. The van der Waals surface area contributed by atoms with Crippen molar-refractivity contribution in [2.75, 3.05) is 6.61 Å². The van der Waals surface area contributed by atoms with E-state index < -0.39 is 0 Å². The fourth-order valence-electron chi connectivity index (χ4n) is 2.66. The van der Waals surface area contributed by atoms with Crippen molar-refractivity contribution in [3.8, 4) is 5.88 Å². The Balaban J connectivity index is 2.21. The molecule has 0 spiro atoms. The van der Waals surface area contributed by atoms with Crippen LogP contribution in [0, 0.1) is 5.92 Å². The molecule has 0 atom stereocenters. The molecular weight excluding hydrogens is 336 g/mol. The Bertz CT molecular complexity index is 1070. The molecule has 0 N–H and O–H groups in total. The highest BCUT2D eigenvalue weighted by atomic mass is 16.5. The quantitative estimate of drug-likeness (QED) is 0.702. The molecule has 1 heterocycles. The number of ether oxygens (including phenoxy) is 1. The second kappa shape index (κ2) is 8.49. The Morgan fingerprint density at radius 1 is 0.963 bits per heavy atom. The van der Waals surface area contributed by atoms with Gasteiger partial charge < -0.3 is 9.30 Å². The fraction of sp³-hybridized carbons (Fsp3) is 0.217. The maximum Gasteiger partial charge on any atom is 0.276 e. The van der Waals surface area contributed by atoms with Crippen LogP contribution in [0.15, 0.2) is 65.5 Å². The molecule has 3 aromatic rings. The molecule has 138 valence electrons. The van der Waals surface area contributed by atoms with E-state index in [0.29, 0.717) is 29.1 Å². The van der Waals surface area contributed by atoms with E-state index in [1.807, 2.05) is 66.7 Å². The highest BCUT2D eigenvalue weighted by Gasteiger charge is 2.08. The van der Waals surface area contributed by atoms with Crippen LogP contribution in [0.5, 0.6) is 5.88 Å². The van der Waals surface area contributed by atoms with Gasteiger partial charge in [-0.25, -0.2) is 4.98 Å². The summed E-state index contributed by atoms with van der Waals surface area (Å²) in [7, 11) is 1.75. The van der Waals surface area contributed by atoms with Crippen molar-refractivity contribution in [3.63, 3.8) is 0 Å². The van der Waals surface area contributed by atoms with Crippen LogP contribution < -0.4 is 21.0 Å². The first-order chi connectivity index (χ1) is 13.0. The molecule has 0 bridgehead atoms. The summed E-state index contributed by atoms with van der Waals surface area (Å²) in [5.41, 5.74) is 1.76. The normalized spacial score (nSPS) is 12.6. The Hall–Kier alpha value is -3.14. The van der Waals surface area contributed by atoms with Gasteiger partial charge in [0.1, 0.15) is 10.7 Å². The van der Waals surface area contributed by atoms with Crippen molar-refractivity contribution in [2.24, 2.45) is 13.0 Å². The average molecular weight is 360 g/mol. The lowest BCUT2D eigenvalue weighted by molar-refractivity contribution is 0.255. The Kier molecular flexibility index (Phi) is 5.87. The monoisotopic (exact) mass is 360 g/mol. The van der Waals surface area contributed by atoms with E-state index in [1.54, 1.807) is 17.7 Å². The molecule has 0 aliphatic rings. The third kappa shape index (κ3) is 4.73. The van der Waals surface area contributed by atoms with Crippen LogP contribution in [-0.2, 0) is 7.05 Å². The second-order valence-corrected chi connectivity index (χ2v) is 6.87. The summed E-state index contributed by atoms with van der Waals surface area (Å²) < 4.78 is 7.56. The molecule has 27 heavy (non-hydrogen) atoms.